The summed E-state index contributed by atoms with van der Waals surface area (Å²) in [6.45, 7) is 1.96. The number of aldehydes is 1. The van der Waals surface area contributed by atoms with Gasteiger partial charge in [0.15, 0.2) is 0 Å². The van der Waals surface area contributed by atoms with Crippen molar-refractivity contribution in [3.05, 3.63) is 29.8 Å². The second-order valence-electron chi connectivity index (χ2n) is 3.12. The van der Waals surface area contributed by atoms with Gasteiger partial charge in [-0.1, -0.05) is 12.1 Å². The lowest BCUT2D eigenvalue weighted by molar-refractivity contribution is -0.118. The molecule has 0 bridgehead atoms. The second-order valence-corrected chi connectivity index (χ2v) is 3.12. The van der Waals surface area contributed by atoms with Crippen molar-refractivity contribution < 1.29 is 9.59 Å². The first-order chi connectivity index (χ1) is 6.72. The van der Waals surface area contributed by atoms with Gasteiger partial charge in [0.2, 0.25) is 5.91 Å². The van der Waals surface area contributed by atoms with Gasteiger partial charge in [-0.3, -0.25) is 4.79 Å². The van der Waals surface area contributed by atoms with E-state index in [2.05, 4.69) is 5.32 Å². The number of benzene rings is 1. The molecular weight excluding hydrogens is 178 g/mol. The zero-order valence-electron chi connectivity index (χ0n) is 8.12. The minimum Gasteiger partial charge on any atom is -0.326 e. The highest BCUT2D eigenvalue weighted by Crippen LogP contribution is 2.09. The molecule has 0 aliphatic rings. The summed E-state index contributed by atoms with van der Waals surface area (Å²) in [5, 5.41) is 2.72. The van der Waals surface area contributed by atoms with E-state index in [1.165, 1.54) is 0 Å². The van der Waals surface area contributed by atoms with Crippen LogP contribution in [-0.4, -0.2) is 12.2 Å². The molecule has 14 heavy (non-hydrogen) atoms. The van der Waals surface area contributed by atoms with Gasteiger partial charge in [-0.2, -0.15) is 0 Å². The lowest BCUT2D eigenvalue weighted by Crippen LogP contribution is -2.11. The normalized spacial score (nSPS) is 9.50. The molecule has 0 unspecified atom stereocenters. The number of amides is 1. The molecule has 1 N–H and O–H groups in total. The van der Waals surface area contributed by atoms with Crippen molar-refractivity contribution in [2.45, 2.75) is 19.8 Å². The van der Waals surface area contributed by atoms with Gasteiger partial charge in [-0.05, 0) is 24.6 Å². The molecule has 0 saturated carbocycles. The first kappa shape index (κ1) is 10.4. The van der Waals surface area contributed by atoms with Gasteiger partial charge in [-0.15, -0.1) is 0 Å². The Bertz CT molecular complexity index is 334. The Labute approximate surface area is 83.1 Å². The van der Waals surface area contributed by atoms with E-state index in [1.54, 1.807) is 0 Å². The van der Waals surface area contributed by atoms with Crippen molar-refractivity contribution in [3.63, 3.8) is 0 Å². The summed E-state index contributed by atoms with van der Waals surface area (Å²) in [5.41, 5.74) is 1.87. The fraction of sp³-hybridized carbons (Fsp3) is 0.273. The van der Waals surface area contributed by atoms with E-state index in [-0.39, 0.29) is 18.7 Å². The maximum Gasteiger partial charge on any atom is 0.224 e. The van der Waals surface area contributed by atoms with Crippen LogP contribution in [0.3, 0.4) is 0 Å². The molecule has 0 saturated heterocycles. The smallest absolute Gasteiger partial charge is 0.224 e. The number of anilines is 1. The lowest BCUT2D eigenvalue weighted by Gasteiger charge is -2.04. The van der Waals surface area contributed by atoms with E-state index in [9.17, 15) is 9.59 Å². The third kappa shape index (κ3) is 3.39. The molecule has 1 aromatic rings. The van der Waals surface area contributed by atoms with Crippen molar-refractivity contribution in [2.75, 3.05) is 5.32 Å². The van der Waals surface area contributed by atoms with Crippen molar-refractivity contribution in [2.24, 2.45) is 0 Å². The van der Waals surface area contributed by atoms with Crippen LogP contribution in [0.5, 0.6) is 0 Å². The summed E-state index contributed by atoms with van der Waals surface area (Å²) in [4.78, 5) is 21.2. The average Bonchev–Trinajstić information content (AvgIpc) is 2.15. The Kier molecular flexibility index (Phi) is 3.85. The maximum atomic E-state index is 11.2. The topological polar surface area (TPSA) is 46.2 Å². The highest BCUT2D eigenvalue weighted by Gasteiger charge is 2.00. The van der Waals surface area contributed by atoms with Gasteiger partial charge < -0.3 is 10.1 Å². The van der Waals surface area contributed by atoms with Gasteiger partial charge in [0, 0.05) is 18.5 Å². The van der Waals surface area contributed by atoms with Crippen LogP contribution in [0.15, 0.2) is 24.3 Å². The van der Waals surface area contributed by atoms with Crippen LogP contribution in [0, 0.1) is 6.92 Å². The van der Waals surface area contributed by atoms with Crippen LogP contribution in [0.2, 0.25) is 0 Å². The molecule has 0 fully saturated rings. The number of nitrogens with one attached hydrogen (secondary N) is 1. The van der Waals surface area contributed by atoms with Gasteiger partial charge in [-0.25, -0.2) is 0 Å². The second kappa shape index (κ2) is 5.17. The van der Waals surface area contributed by atoms with Gasteiger partial charge in [0.1, 0.15) is 6.29 Å². The zero-order chi connectivity index (χ0) is 10.4. The monoisotopic (exact) mass is 191 g/mol. The molecule has 0 atom stereocenters. The number of rotatable bonds is 4. The molecule has 0 aromatic heterocycles. The SMILES string of the molecule is Cc1cccc(NC(=O)CCC=O)c1. The fourth-order valence-corrected chi connectivity index (χ4v) is 1.14. The summed E-state index contributed by atoms with van der Waals surface area (Å²) in [7, 11) is 0. The summed E-state index contributed by atoms with van der Waals surface area (Å²) in [5.74, 6) is -0.122. The molecule has 1 rings (SSSR count). The van der Waals surface area contributed by atoms with Crippen molar-refractivity contribution in [1.82, 2.24) is 0 Å². The summed E-state index contributed by atoms with van der Waals surface area (Å²) in [6.07, 6.45) is 1.27. The minimum absolute atomic E-state index is 0.122. The molecule has 0 heterocycles. The standard InChI is InChI=1S/C11H13NO2/c1-9-4-2-5-10(8-9)12-11(14)6-3-7-13/h2,4-5,7-8H,3,6H2,1H3,(H,12,14). The van der Waals surface area contributed by atoms with Gasteiger partial charge >= 0.3 is 0 Å². The Morgan fingerprint density at radius 3 is 2.93 bits per heavy atom. The largest absolute Gasteiger partial charge is 0.326 e. The number of carbonyl (C=O) groups is 2. The Hall–Kier alpha value is -1.64. The highest BCUT2D eigenvalue weighted by molar-refractivity contribution is 5.91. The number of carbonyl (C=O) groups excluding carboxylic acids is 2. The van der Waals surface area contributed by atoms with Crippen LogP contribution < -0.4 is 5.32 Å². The molecule has 0 aliphatic heterocycles. The highest BCUT2D eigenvalue weighted by atomic mass is 16.1. The summed E-state index contributed by atoms with van der Waals surface area (Å²) >= 11 is 0. The van der Waals surface area contributed by atoms with Crippen LogP contribution >= 0.6 is 0 Å². The molecule has 0 aliphatic carbocycles. The van der Waals surface area contributed by atoms with E-state index in [0.717, 1.165) is 17.5 Å². The fourth-order valence-electron chi connectivity index (χ4n) is 1.14. The van der Waals surface area contributed by atoms with E-state index < -0.39 is 0 Å². The van der Waals surface area contributed by atoms with Gasteiger partial charge in [0.25, 0.3) is 0 Å². The third-order valence-electron chi connectivity index (χ3n) is 1.79. The van der Waals surface area contributed by atoms with Crippen molar-refractivity contribution in [3.8, 4) is 0 Å². The van der Waals surface area contributed by atoms with Crippen molar-refractivity contribution >= 4 is 17.9 Å². The molecule has 1 aromatic carbocycles. The van der Waals surface area contributed by atoms with Gasteiger partial charge in [0.05, 0.1) is 0 Å². The van der Waals surface area contributed by atoms with Crippen LogP contribution in [-0.2, 0) is 9.59 Å². The Morgan fingerprint density at radius 2 is 2.29 bits per heavy atom. The first-order valence-corrected chi connectivity index (χ1v) is 4.52. The first-order valence-electron chi connectivity index (χ1n) is 4.52. The maximum absolute atomic E-state index is 11.2. The molecule has 3 nitrogen and oxygen atoms in total. The quantitative estimate of drug-likeness (QED) is 0.739. The van der Waals surface area contributed by atoms with E-state index in [1.807, 2.05) is 31.2 Å². The Morgan fingerprint density at radius 1 is 1.50 bits per heavy atom. The van der Waals surface area contributed by atoms with E-state index in [4.69, 9.17) is 0 Å². The summed E-state index contributed by atoms with van der Waals surface area (Å²) < 4.78 is 0. The van der Waals surface area contributed by atoms with Crippen LogP contribution in [0.1, 0.15) is 18.4 Å². The molecule has 74 valence electrons. The van der Waals surface area contributed by atoms with E-state index in [0.29, 0.717) is 0 Å². The predicted octanol–water partition coefficient (Wildman–Crippen LogP) is 1.91. The molecular formula is C11H13NO2. The van der Waals surface area contributed by atoms with Crippen molar-refractivity contribution in [1.29, 1.82) is 0 Å². The molecule has 0 spiro atoms. The molecule has 3 heteroatoms. The zero-order valence-corrected chi connectivity index (χ0v) is 8.12. The number of hydrogen-bond donors (Lipinski definition) is 1. The predicted molar refractivity (Wildman–Crippen MR) is 55.1 cm³/mol. The lowest BCUT2D eigenvalue weighted by atomic mass is 10.2. The van der Waals surface area contributed by atoms with Crippen LogP contribution in [0.4, 0.5) is 5.69 Å². The van der Waals surface area contributed by atoms with Crippen LogP contribution in [0.25, 0.3) is 0 Å². The molecule has 1 amide bonds. The minimum atomic E-state index is -0.122. The van der Waals surface area contributed by atoms with E-state index >= 15 is 0 Å². The summed E-state index contributed by atoms with van der Waals surface area (Å²) in [6, 6.07) is 7.55. The average molecular weight is 191 g/mol. The number of hydrogen-bond acceptors (Lipinski definition) is 2. The third-order valence-corrected chi connectivity index (χ3v) is 1.79. The Balaban J connectivity index is 2.51. The molecule has 0 radical (unpaired) electrons. The number of aryl methyl sites for hydroxylation is 1.